The summed E-state index contributed by atoms with van der Waals surface area (Å²) in [6, 6.07) is 38.0. The van der Waals surface area contributed by atoms with Crippen molar-refractivity contribution in [1.29, 1.82) is 0 Å². The predicted molar refractivity (Wildman–Crippen MR) is 175 cm³/mol. The zero-order chi connectivity index (χ0) is 25.2. The average molecular weight is 497 g/mol. The smallest absolute Gasteiger partial charge is 0.0000918 e. The first-order chi connectivity index (χ1) is 19.8. The molecule has 0 fully saturated rings. The largest absolute Gasteiger partial charge is 0.0537 e. The summed E-state index contributed by atoms with van der Waals surface area (Å²) < 4.78 is 0. The third kappa shape index (κ3) is 1.58. The molecule has 176 valence electrons. The summed E-state index contributed by atoms with van der Waals surface area (Å²) in [5.74, 6) is 0. The van der Waals surface area contributed by atoms with Crippen molar-refractivity contribution in [1.82, 2.24) is 0 Å². The van der Waals surface area contributed by atoms with Crippen molar-refractivity contribution in [2.75, 3.05) is 0 Å². The lowest BCUT2D eigenvalue weighted by Gasteiger charge is -2.27. The van der Waals surface area contributed by atoms with Gasteiger partial charge in [-0.05, 0) is 154 Å². The minimum Gasteiger partial charge on any atom is -0.0537 e. The van der Waals surface area contributed by atoms with E-state index in [9.17, 15) is 0 Å². The van der Waals surface area contributed by atoms with E-state index in [-0.39, 0.29) is 0 Å². The van der Waals surface area contributed by atoms with Gasteiger partial charge in [0.25, 0.3) is 0 Å². The lowest BCUT2D eigenvalue weighted by molar-refractivity contribution is 1.82. The van der Waals surface area contributed by atoms with Gasteiger partial charge in [-0.15, -0.1) is 0 Å². The minimum atomic E-state index is 1.35. The number of benzene rings is 13. The normalized spacial score (nSPS) is 14.0. The quantitative estimate of drug-likeness (QED) is 0.145. The lowest BCUT2D eigenvalue weighted by atomic mass is 9.75. The Morgan fingerprint density at radius 1 is 0.150 bits per heavy atom. The number of rotatable bonds is 0. The summed E-state index contributed by atoms with van der Waals surface area (Å²) in [6.45, 7) is 0. The van der Waals surface area contributed by atoms with Crippen molar-refractivity contribution in [2.45, 2.75) is 0 Å². The van der Waals surface area contributed by atoms with E-state index in [2.05, 4.69) is 97.1 Å². The number of hydrogen-bond acceptors (Lipinski definition) is 0. The van der Waals surface area contributed by atoms with Crippen LogP contribution in [0.5, 0.6) is 0 Å². The molecule has 0 N–H and O–H groups in total. The summed E-state index contributed by atoms with van der Waals surface area (Å²) in [7, 11) is 0. The molecule has 0 aliphatic rings. The maximum Gasteiger partial charge on any atom is -0.0000918 e. The van der Waals surface area contributed by atoms with E-state index < -0.39 is 0 Å². The molecule has 0 nitrogen and oxygen atoms in total. The van der Waals surface area contributed by atoms with Gasteiger partial charge in [0.2, 0.25) is 0 Å². The number of hydrogen-bond donors (Lipinski definition) is 0. The highest BCUT2D eigenvalue weighted by molar-refractivity contribution is 6.57. The highest BCUT2D eigenvalue weighted by atomic mass is 14.3. The fraction of sp³-hybridized carbons (Fsp3) is 0. The predicted octanol–water partition coefficient (Wildman–Crippen LogP) is 11.6. The first-order valence-corrected chi connectivity index (χ1v) is 14.3. The highest BCUT2D eigenvalue weighted by Crippen LogP contribution is 2.58. The van der Waals surface area contributed by atoms with Crippen LogP contribution in [0, 0.1) is 0 Å². The van der Waals surface area contributed by atoms with Crippen LogP contribution in [0.4, 0.5) is 0 Å². The Hall–Kier alpha value is -5.20. The second kappa shape index (κ2) is 5.30. The maximum atomic E-state index is 2.48. The van der Waals surface area contributed by atoms with Crippen molar-refractivity contribution in [3.63, 3.8) is 0 Å². The Bertz CT molecular complexity index is 2750. The molecule has 0 unspecified atom stereocenters. The summed E-state index contributed by atoms with van der Waals surface area (Å²) in [4.78, 5) is 0. The molecule has 0 aliphatic heterocycles. The van der Waals surface area contributed by atoms with Gasteiger partial charge in [0.05, 0.1) is 0 Å². The van der Waals surface area contributed by atoms with Crippen LogP contribution in [0.15, 0.2) is 97.1 Å². The molecule has 0 saturated heterocycles. The van der Waals surface area contributed by atoms with E-state index in [1.54, 1.807) is 0 Å². The standard InChI is InChI=1S/C40H16/c1-2-18-6-10-22-14-26-16-24-12-8-20-4-3-19-7-11-23-15-25-13-21-9-5-17(1)27-28(18)32(22)38-36(26)40-34(24)30(20)29(19)33(23)39(40)35(25)37(38)31(21)27/h1-16H. The van der Waals surface area contributed by atoms with Crippen LogP contribution in [-0.2, 0) is 0 Å². The van der Waals surface area contributed by atoms with E-state index in [0.717, 1.165) is 0 Å². The molecule has 13 aromatic carbocycles. The third-order valence-corrected chi connectivity index (χ3v) is 10.8. The molecule has 0 saturated carbocycles. The Morgan fingerprint density at radius 3 is 0.575 bits per heavy atom. The molecule has 13 aromatic rings. The maximum absolute atomic E-state index is 2.48. The van der Waals surface area contributed by atoms with Gasteiger partial charge in [-0.2, -0.15) is 0 Å². The first kappa shape index (κ1) is 18.2. The van der Waals surface area contributed by atoms with Crippen LogP contribution < -0.4 is 0 Å². The Kier molecular flexibility index (Phi) is 2.41. The zero-order valence-electron chi connectivity index (χ0n) is 21.2. The highest BCUT2D eigenvalue weighted by Gasteiger charge is 2.29. The topological polar surface area (TPSA) is 0 Å². The van der Waals surface area contributed by atoms with Gasteiger partial charge in [-0.3, -0.25) is 0 Å². The van der Waals surface area contributed by atoms with Gasteiger partial charge in [0, 0.05) is 0 Å². The van der Waals surface area contributed by atoms with Gasteiger partial charge >= 0.3 is 0 Å². The van der Waals surface area contributed by atoms with E-state index in [1.165, 1.54) is 129 Å². The molecule has 0 atom stereocenters. The van der Waals surface area contributed by atoms with Gasteiger partial charge in [-0.25, -0.2) is 0 Å². The van der Waals surface area contributed by atoms with Crippen LogP contribution in [0.3, 0.4) is 0 Å². The third-order valence-electron chi connectivity index (χ3n) is 10.8. The summed E-state index contributed by atoms with van der Waals surface area (Å²) in [5.41, 5.74) is 0. The van der Waals surface area contributed by atoms with Crippen molar-refractivity contribution < 1.29 is 0 Å². The van der Waals surface area contributed by atoms with Crippen LogP contribution in [-0.4, -0.2) is 0 Å². The van der Waals surface area contributed by atoms with Gasteiger partial charge < -0.3 is 0 Å². The average Bonchev–Trinajstić information content (AvgIpc) is 3.00. The second-order valence-electron chi connectivity index (χ2n) is 12.4. The SMILES string of the molecule is c1cc2ccc3cc4cc5ccc6ccc7ccc8cc9cc%10ccc1c1c2c3c2c4c3c5c6c7c8c3c9c2c%101. The zero-order valence-corrected chi connectivity index (χ0v) is 21.2. The fourth-order valence-corrected chi connectivity index (χ4v) is 9.46. The summed E-state index contributed by atoms with van der Waals surface area (Å²) >= 11 is 0. The van der Waals surface area contributed by atoms with Crippen LogP contribution >= 0.6 is 0 Å². The molecule has 0 aliphatic carbocycles. The Balaban J connectivity index is 1.59. The molecule has 40 heavy (non-hydrogen) atoms. The Morgan fingerprint density at radius 2 is 0.325 bits per heavy atom. The second-order valence-corrected chi connectivity index (χ2v) is 12.4. The summed E-state index contributed by atoms with van der Waals surface area (Å²) in [6.07, 6.45) is 0. The molecule has 0 spiro atoms. The van der Waals surface area contributed by atoms with Crippen LogP contribution in [0.25, 0.3) is 129 Å². The van der Waals surface area contributed by atoms with Gasteiger partial charge in [0.1, 0.15) is 0 Å². The van der Waals surface area contributed by atoms with Crippen molar-refractivity contribution >= 4 is 129 Å². The molecule has 0 heterocycles. The van der Waals surface area contributed by atoms with E-state index in [4.69, 9.17) is 0 Å². The fourth-order valence-electron chi connectivity index (χ4n) is 9.46. The van der Waals surface area contributed by atoms with Gasteiger partial charge in [0.15, 0.2) is 0 Å². The lowest BCUT2D eigenvalue weighted by Crippen LogP contribution is -1.99. The van der Waals surface area contributed by atoms with Crippen molar-refractivity contribution in [2.24, 2.45) is 0 Å². The molecule has 0 bridgehead atoms. The van der Waals surface area contributed by atoms with Gasteiger partial charge in [-0.1, -0.05) is 72.8 Å². The molecule has 0 radical (unpaired) electrons. The molecular weight excluding hydrogens is 480 g/mol. The molecular formula is C40H16. The van der Waals surface area contributed by atoms with E-state index in [1.807, 2.05) is 0 Å². The first-order valence-electron chi connectivity index (χ1n) is 14.3. The molecule has 0 aromatic heterocycles. The van der Waals surface area contributed by atoms with Crippen molar-refractivity contribution in [3.05, 3.63) is 97.1 Å². The molecule has 13 rings (SSSR count). The van der Waals surface area contributed by atoms with E-state index in [0.29, 0.717) is 0 Å². The van der Waals surface area contributed by atoms with Crippen LogP contribution in [0.1, 0.15) is 0 Å². The molecule has 0 amide bonds. The minimum absolute atomic E-state index is 1.35. The van der Waals surface area contributed by atoms with Crippen molar-refractivity contribution in [3.8, 4) is 0 Å². The molecule has 0 heteroatoms. The monoisotopic (exact) mass is 496 g/mol. The Labute approximate surface area is 225 Å². The van der Waals surface area contributed by atoms with Crippen LogP contribution in [0.2, 0.25) is 0 Å². The summed E-state index contributed by atoms with van der Waals surface area (Å²) in [5, 5.41) is 34.0. The van der Waals surface area contributed by atoms with E-state index >= 15 is 0 Å².